The molecular weight excluding hydrogens is 580 g/mol. The van der Waals surface area contributed by atoms with Gasteiger partial charge in [-0.1, -0.05) is 12.1 Å². The molecule has 12 heteroatoms. The van der Waals surface area contributed by atoms with E-state index >= 15 is 0 Å². The van der Waals surface area contributed by atoms with Crippen molar-refractivity contribution in [2.24, 2.45) is 0 Å². The zero-order valence-corrected chi connectivity index (χ0v) is 23.8. The molecule has 0 atom stereocenters. The zero-order chi connectivity index (χ0) is 30.5. The smallest absolute Gasteiger partial charge is 0.255 e. The van der Waals surface area contributed by atoms with Crippen LogP contribution in [0.2, 0.25) is 0 Å². The summed E-state index contributed by atoms with van der Waals surface area (Å²) >= 11 is 0. The number of sulfonamides is 1. The van der Waals surface area contributed by atoms with E-state index in [1.54, 1.807) is 36.4 Å². The number of amides is 1. The third-order valence-corrected chi connectivity index (χ3v) is 7.39. The summed E-state index contributed by atoms with van der Waals surface area (Å²) in [6.07, 6.45) is 0.989. The number of anilines is 1. The Hall–Kier alpha value is -5.23. The second kappa shape index (κ2) is 10.6. The number of carbonyl (C=O) groups excluding carboxylic acids is 1. The van der Waals surface area contributed by atoms with Gasteiger partial charge in [-0.05, 0) is 66.2 Å². The number of hydrogen-bond donors (Lipinski definition) is 2. The summed E-state index contributed by atoms with van der Waals surface area (Å²) < 4.78 is 73.4. The fourth-order valence-electron chi connectivity index (χ4n) is 4.94. The number of methoxy groups -OCH3 is 1. The van der Waals surface area contributed by atoms with Crippen LogP contribution in [0.4, 0.5) is 14.5 Å². The minimum atomic E-state index is -3.88. The molecule has 9 nitrogen and oxygen atoms in total. The van der Waals surface area contributed by atoms with Gasteiger partial charge >= 0.3 is 0 Å². The van der Waals surface area contributed by atoms with Crippen LogP contribution in [-0.4, -0.2) is 39.7 Å². The number of halogens is 2. The van der Waals surface area contributed by atoms with Crippen molar-refractivity contribution < 1.29 is 35.6 Å². The van der Waals surface area contributed by atoms with Gasteiger partial charge in [0.05, 0.1) is 35.6 Å². The highest BCUT2D eigenvalue weighted by Gasteiger charge is 2.27. The minimum Gasteiger partial charge on any atom is -0.496 e. The maximum Gasteiger partial charge on any atom is 0.255 e. The van der Waals surface area contributed by atoms with Crippen molar-refractivity contribution in [1.82, 2.24) is 10.3 Å². The number of nitrogens with one attached hydrogen (secondary N) is 2. The SMILES string of the molecule is CNC(=O)c1c(-c2ccc(F)cc2)oc2ccc(-c3ccc(OC)c(-c4nc5c(F)cccc5o4)c3)c(NS(C)(=O)=O)c12. The lowest BCUT2D eigenvalue weighted by atomic mass is 9.96. The molecule has 4 aromatic carbocycles. The van der Waals surface area contributed by atoms with Crippen LogP contribution < -0.4 is 14.8 Å². The van der Waals surface area contributed by atoms with Gasteiger partial charge in [0.25, 0.3) is 5.91 Å². The summed E-state index contributed by atoms with van der Waals surface area (Å²) in [5.41, 5.74) is 2.33. The summed E-state index contributed by atoms with van der Waals surface area (Å²) in [6, 6.07) is 18.0. The summed E-state index contributed by atoms with van der Waals surface area (Å²) in [6.45, 7) is 0. The first-order valence-electron chi connectivity index (χ1n) is 12.9. The van der Waals surface area contributed by atoms with Gasteiger partial charge in [0.2, 0.25) is 15.9 Å². The fraction of sp³-hybridized carbons (Fsp3) is 0.0968. The third-order valence-electron chi connectivity index (χ3n) is 6.81. The Kier molecular flexibility index (Phi) is 6.85. The van der Waals surface area contributed by atoms with Crippen LogP contribution in [0.15, 0.2) is 81.6 Å². The summed E-state index contributed by atoms with van der Waals surface area (Å²) in [7, 11) is -0.983. The molecule has 218 valence electrons. The van der Waals surface area contributed by atoms with E-state index in [-0.39, 0.29) is 45.0 Å². The highest BCUT2D eigenvalue weighted by Crippen LogP contribution is 2.44. The molecule has 2 N–H and O–H groups in total. The third kappa shape index (κ3) is 5.06. The molecule has 0 aliphatic carbocycles. The van der Waals surface area contributed by atoms with E-state index in [0.717, 1.165) is 6.26 Å². The first kappa shape index (κ1) is 27.9. The molecule has 6 rings (SSSR count). The molecule has 0 saturated heterocycles. The van der Waals surface area contributed by atoms with Crippen LogP contribution in [0, 0.1) is 11.6 Å². The van der Waals surface area contributed by atoms with Crippen LogP contribution in [0.3, 0.4) is 0 Å². The second-order valence-corrected chi connectivity index (χ2v) is 11.4. The second-order valence-electron chi connectivity index (χ2n) is 9.65. The molecule has 1 amide bonds. The van der Waals surface area contributed by atoms with Gasteiger partial charge in [-0.25, -0.2) is 22.2 Å². The van der Waals surface area contributed by atoms with E-state index in [9.17, 15) is 22.0 Å². The molecule has 6 aromatic rings. The Labute approximate surface area is 244 Å². The van der Waals surface area contributed by atoms with E-state index in [2.05, 4.69) is 15.0 Å². The van der Waals surface area contributed by atoms with E-state index in [0.29, 0.717) is 28.0 Å². The molecule has 0 fully saturated rings. The van der Waals surface area contributed by atoms with Gasteiger partial charge < -0.3 is 18.9 Å². The van der Waals surface area contributed by atoms with E-state index in [4.69, 9.17) is 13.6 Å². The van der Waals surface area contributed by atoms with Crippen molar-refractivity contribution in [2.45, 2.75) is 0 Å². The molecule has 2 aromatic heterocycles. The number of ether oxygens (including phenoxy) is 1. The van der Waals surface area contributed by atoms with Crippen molar-refractivity contribution in [2.75, 3.05) is 25.1 Å². The first-order valence-corrected chi connectivity index (χ1v) is 14.8. The van der Waals surface area contributed by atoms with Gasteiger partial charge in [0.15, 0.2) is 11.4 Å². The first-order chi connectivity index (χ1) is 20.6. The average Bonchev–Trinajstić information content (AvgIpc) is 3.60. The highest BCUT2D eigenvalue weighted by molar-refractivity contribution is 7.92. The van der Waals surface area contributed by atoms with E-state index in [1.807, 2.05) is 0 Å². The molecular formula is C31H23F2N3O6S. The van der Waals surface area contributed by atoms with Gasteiger partial charge in [0.1, 0.15) is 28.4 Å². The zero-order valence-electron chi connectivity index (χ0n) is 23.0. The lowest BCUT2D eigenvalue weighted by Crippen LogP contribution is -2.19. The molecule has 0 unspecified atom stereocenters. The Balaban J connectivity index is 1.63. The number of carbonyl (C=O) groups is 1. The number of oxazole rings is 1. The van der Waals surface area contributed by atoms with Gasteiger partial charge in [-0.15, -0.1) is 0 Å². The van der Waals surface area contributed by atoms with Crippen LogP contribution in [0.1, 0.15) is 10.4 Å². The number of para-hydroxylation sites is 1. The molecule has 0 bridgehead atoms. The van der Waals surface area contributed by atoms with Gasteiger partial charge in [-0.3, -0.25) is 9.52 Å². The van der Waals surface area contributed by atoms with Crippen molar-refractivity contribution >= 4 is 43.7 Å². The number of hydrogen-bond acceptors (Lipinski definition) is 7. The summed E-state index contributed by atoms with van der Waals surface area (Å²) in [5, 5.41) is 2.77. The van der Waals surface area contributed by atoms with Gasteiger partial charge in [-0.2, -0.15) is 0 Å². The van der Waals surface area contributed by atoms with E-state index in [1.165, 1.54) is 50.6 Å². The number of nitrogens with zero attached hydrogens (tertiary/aromatic N) is 1. The standard InChI is InChI=1S/C31H23F2N3O6S/c1-34-30(37)26-25-23(41-29(26)16-7-10-18(32)11-8-16)14-12-19(27(25)36-43(3,38)39)17-9-13-22(40-2)20(15-17)31-35-28-21(33)5-4-6-24(28)42-31/h4-15,36H,1-3H3,(H,34,37). The molecule has 43 heavy (non-hydrogen) atoms. The van der Waals surface area contributed by atoms with Crippen molar-refractivity contribution in [3.63, 3.8) is 0 Å². The fourth-order valence-corrected chi connectivity index (χ4v) is 5.53. The van der Waals surface area contributed by atoms with Crippen LogP contribution in [0.25, 0.3) is 56.0 Å². The number of rotatable bonds is 7. The van der Waals surface area contributed by atoms with Crippen LogP contribution in [-0.2, 0) is 10.0 Å². The molecule has 0 saturated carbocycles. The number of furan rings is 1. The highest BCUT2D eigenvalue weighted by atomic mass is 32.2. The van der Waals surface area contributed by atoms with Gasteiger partial charge in [0, 0.05) is 18.2 Å². The molecule has 0 radical (unpaired) electrons. The Morgan fingerprint density at radius 2 is 1.65 bits per heavy atom. The topological polar surface area (TPSA) is 124 Å². The van der Waals surface area contributed by atoms with Crippen LogP contribution >= 0.6 is 0 Å². The number of benzene rings is 4. The largest absolute Gasteiger partial charge is 0.496 e. The van der Waals surface area contributed by atoms with Crippen molar-refractivity contribution in [3.8, 4) is 39.7 Å². The molecule has 0 spiro atoms. The Bertz CT molecular complexity index is 2150. The van der Waals surface area contributed by atoms with Crippen molar-refractivity contribution in [1.29, 1.82) is 0 Å². The Morgan fingerprint density at radius 3 is 2.33 bits per heavy atom. The molecule has 0 aliphatic rings. The molecule has 2 heterocycles. The lowest BCUT2D eigenvalue weighted by Gasteiger charge is -2.15. The molecule has 0 aliphatic heterocycles. The predicted molar refractivity (Wildman–Crippen MR) is 158 cm³/mol. The quantitative estimate of drug-likeness (QED) is 0.211. The van der Waals surface area contributed by atoms with E-state index < -0.39 is 27.6 Å². The average molecular weight is 604 g/mol. The monoisotopic (exact) mass is 603 g/mol. The summed E-state index contributed by atoms with van der Waals surface area (Å²) in [5.74, 6) is -0.970. The Morgan fingerprint density at radius 1 is 0.907 bits per heavy atom. The predicted octanol–water partition coefficient (Wildman–Crippen LogP) is 6.59. The minimum absolute atomic E-state index is 0.0488. The maximum atomic E-state index is 14.4. The number of aromatic nitrogens is 1. The normalized spacial score (nSPS) is 11.7. The number of fused-ring (bicyclic) bond motifs is 2. The van der Waals surface area contributed by atoms with Crippen molar-refractivity contribution in [3.05, 3.63) is 90.0 Å². The lowest BCUT2D eigenvalue weighted by molar-refractivity contribution is 0.0964. The maximum absolute atomic E-state index is 14.4. The summed E-state index contributed by atoms with van der Waals surface area (Å²) in [4.78, 5) is 17.6. The van der Waals surface area contributed by atoms with Crippen LogP contribution in [0.5, 0.6) is 5.75 Å².